The quantitative estimate of drug-likeness (QED) is 0.881. The molecule has 0 fully saturated rings. The van der Waals surface area contributed by atoms with Crippen molar-refractivity contribution in [1.82, 2.24) is 9.38 Å². The Labute approximate surface area is 108 Å². The van der Waals surface area contributed by atoms with Gasteiger partial charge in [0.05, 0.1) is 11.4 Å². The number of rotatable bonds is 4. The predicted octanol–water partition coefficient (Wildman–Crippen LogP) is 0.721. The van der Waals surface area contributed by atoms with E-state index in [0.717, 1.165) is 5.56 Å². The van der Waals surface area contributed by atoms with Gasteiger partial charge in [-0.2, -0.15) is 0 Å². The number of aromatic nitrogens is 2. The third-order valence-electron chi connectivity index (χ3n) is 2.37. The van der Waals surface area contributed by atoms with Crippen LogP contribution in [0.3, 0.4) is 0 Å². The summed E-state index contributed by atoms with van der Waals surface area (Å²) in [6, 6.07) is 5.19. The molecule has 0 saturated carbocycles. The molecule has 18 heavy (non-hydrogen) atoms. The molecule has 2 aromatic rings. The van der Waals surface area contributed by atoms with Crippen LogP contribution in [0, 0.1) is 6.92 Å². The fraction of sp³-hybridized carbons (Fsp3) is 0.250. The van der Waals surface area contributed by atoms with Crippen molar-refractivity contribution in [3.05, 3.63) is 46.0 Å². The summed E-state index contributed by atoms with van der Waals surface area (Å²) in [6.45, 7) is 1.95. The zero-order valence-corrected chi connectivity index (χ0v) is 10.7. The van der Waals surface area contributed by atoms with E-state index in [2.05, 4.69) is 4.98 Å². The van der Waals surface area contributed by atoms with Gasteiger partial charge in [-0.1, -0.05) is 0 Å². The van der Waals surface area contributed by atoms with Crippen LogP contribution >= 0.6 is 11.8 Å². The molecule has 5 nitrogen and oxygen atoms in total. The minimum Gasteiger partial charge on any atom is -0.369 e. The maximum absolute atomic E-state index is 11.8. The number of pyridine rings is 1. The van der Waals surface area contributed by atoms with E-state index in [0.29, 0.717) is 17.1 Å². The molecular formula is C12H13N3O2S. The summed E-state index contributed by atoms with van der Waals surface area (Å²) in [5.74, 6) is 0.366. The first-order chi connectivity index (χ1) is 8.56. The molecule has 0 aromatic carbocycles. The van der Waals surface area contributed by atoms with Crippen LogP contribution < -0.4 is 11.3 Å². The van der Waals surface area contributed by atoms with Gasteiger partial charge in [-0.3, -0.25) is 14.0 Å². The van der Waals surface area contributed by atoms with Gasteiger partial charge in [0.1, 0.15) is 5.65 Å². The lowest BCUT2D eigenvalue weighted by atomic mass is 10.3. The van der Waals surface area contributed by atoms with Gasteiger partial charge in [0.25, 0.3) is 5.56 Å². The summed E-state index contributed by atoms with van der Waals surface area (Å²) in [4.78, 5) is 26.8. The van der Waals surface area contributed by atoms with E-state index in [1.54, 1.807) is 6.20 Å². The van der Waals surface area contributed by atoms with E-state index in [1.807, 2.05) is 19.1 Å². The summed E-state index contributed by atoms with van der Waals surface area (Å²) in [7, 11) is 0. The molecule has 0 radical (unpaired) electrons. The van der Waals surface area contributed by atoms with Crippen molar-refractivity contribution in [1.29, 1.82) is 0 Å². The van der Waals surface area contributed by atoms with Gasteiger partial charge in [-0.25, -0.2) is 4.98 Å². The first-order valence-corrected chi connectivity index (χ1v) is 6.57. The van der Waals surface area contributed by atoms with Gasteiger partial charge in [0, 0.05) is 18.0 Å². The number of carbonyl (C=O) groups is 1. The molecule has 2 rings (SSSR count). The van der Waals surface area contributed by atoms with Crippen molar-refractivity contribution in [3.63, 3.8) is 0 Å². The number of primary amides is 1. The van der Waals surface area contributed by atoms with Crippen LogP contribution in [0.25, 0.3) is 5.65 Å². The van der Waals surface area contributed by atoms with Crippen molar-refractivity contribution < 1.29 is 4.79 Å². The average molecular weight is 263 g/mol. The number of thioether (sulfide) groups is 1. The van der Waals surface area contributed by atoms with Crippen LogP contribution in [-0.2, 0) is 10.5 Å². The van der Waals surface area contributed by atoms with Gasteiger partial charge in [-0.05, 0) is 24.6 Å². The molecular weight excluding hydrogens is 250 g/mol. The van der Waals surface area contributed by atoms with E-state index in [9.17, 15) is 9.59 Å². The maximum atomic E-state index is 11.8. The lowest BCUT2D eigenvalue weighted by Crippen LogP contribution is -2.16. The SMILES string of the molecule is Cc1ccn2c(=O)cc(CSCC(N)=O)nc2c1. The van der Waals surface area contributed by atoms with Gasteiger partial charge in [0.2, 0.25) is 5.91 Å². The average Bonchev–Trinajstić information content (AvgIpc) is 2.27. The number of hydrogen-bond acceptors (Lipinski definition) is 4. The number of carbonyl (C=O) groups excluding carboxylic acids is 1. The molecule has 2 heterocycles. The third kappa shape index (κ3) is 2.89. The highest BCUT2D eigenvalue weighted by Gasteiger charge is 2.03. The number of fused-ring (bicyclic) bond motifs is 1. The molecule has 0 aliphatic heterocycles. The first-order valence-electron chi connectivity index (χ1n) is 5.41. The van der Waals surface area contributed by atoms with E-state index < -0.39 is 0 Å². The van der Waals surface area contributed by atoms with Gasteiger partial charge in [0.15, 0.2) is 0 Å². The van der Waals surface area contributed by atoms with Crippen LogP contribution in [-0.4, -0.2) is 21.0 Å². The van der Waals surface area contributed by atoms with Gasteiger partial charge < -0.3 is 5.73 Å². The van der Waals surface area contributed by atoms with E-state index in [1.165, 1.54) is 22.2 Å². The molecule has 0 unspecified atom stereocenters. The minimum atomic E-state index is -0.367. The largest absolute Gasteiger partial charge is 0.369 e. The number of aryl methyl sites for hydroxylation is 1. The second-order valence-corrected chi connectivity index (χ2v) is 4.96. The van der Waals surface area contributed by atoms with Crippen LogP contribution in [0.2, 0.25) is 0 Å². The minimum absolute atomic E-state index is 0.116. The molecule has 0 bridgehead atoms. The van der Waals surface area contributed by atoms with Crippen LogP contribution in [0.1, 0.15) is 11.3 Å². The number of nitrogens with two attached hydrogens (primary N) is 1. The van der Waals surface area contributed by atoms with Crippen LogP contribution in [0.4, 0.5) is 0 Å². The lowest BCUT2D eigenvalue weighted by molar-refractivity contribution is -0.115. The Kier molecular flexibility index (Phi) is 3.66. The summed E-state index contributed by atoms with van der Waals surface area (Å²) in [5, 5.41) is 0. The monoisotopic (exact) mass is 263 g/mol. The third-order valence-corrected chi connectivity index (χ3v) is 3.36. The summed E-state index contributed by atoms with van der Waals surface area (Å²) in [6.07, 6.45) is 1.71. The lowest BCUT2D eigenvalue weighted by Gasteiger charge is -2.04. The van der Waals surface area contributed by atoms with Crippen molar-refractivity contribution in [2.24, 2.45) is 5.73 Å². The molecule has 0 aliphatic rings. The zero-order chi connectivity index (χ0) is 13.1. The van der Waals surface area contributed by atoms with Crippen molar-refractivity contribution in [2.45, 2.75) is 12.7 Å². The number of nitrogens with zero attached hydrogens (tertiary/aromatic N) is 2. The molecule has 0 spiro atoms. The number of hydrogen-bond donors (Lipinski definition) is 1. The van der Waals surface area contributed by atoms with E-state index in [-0.39, 0.29) is 17.2 Å². The Balaban J connectivity index is 2.30. The second kappa shape index (κ2) is 5.22. The maximum Gasteiger partial charge on any atom is 0.258 e. The molecule has 0 saturated heterocycles. The van der Waals surface area contributed by atoms with E-state index >= 15 is 0 Å². The molecule has 0 atom stereocenters. The first kappa shape index (κ1) is 12.6. The smallest absolute Gasteiger partial charge is 0.258 e. The van der Waals surface area contributed by atoms with Gasteiger partial charge in [-0.15, -0.1) is 11.8 Å². The topological polar surface area (TPSA) is 77.5 Å². The summed E-state index contributed by atoms with van der Waals surface area (Å²) in [5.41, 5.74) is 7.27. The molecule has 1 amide bonds. The van der Waals surface area contributed by atoms with Crippen LogP contribution in [0.5, 0.6) is 0 Å². The Hall–Kier alpha value is -1.82. The summed E-state index contributed by atoms with van der Waals surface area (Å²) < 4.78 is 1.50. The molecule has 0 aliphatic carbocycles. The molecule has 6 heteroatoms. The fourth-order valence-corrected chi connectivity index (χ4v) is 2.24. The van der Waals surface area contributed by atoms with Crippen molar-refractivity contribution in [2.75, 3.05) is 5.75 Å². The molecule has 2 N–H and O–H groups in total. The second-order valence-electron chi connectivity index (χ2n) is 3.98. The predicted molar refractivity (Wildman–Crippen MR) is 71.6 cm³/mol. The highest BCUT2D eigenvalue weighted by atomic mass is 32.2. The Morgan fingerprint density at radius 3 is 3.00 bits per heavy atom. The van der Waals surface area contributed by atoms with Crippen molar-refractivity contribution >= 4 is 23.3 Å². The van der Waals surface area contributed by atoms with Crippen LogP contribution in [0.15, 0.2) is 29.2 Å². The van der Waals surface area contributed by atoms with Crippen molar-refractivity contribution in [3.8, 4) is 0 Å². The highest BCUT2D eigenvalue weighted by molar-refractivity contribution is 7.99. The Bertz CT molecular complexity index is 651. The highest BCUT2D eigenvalue weighted by Crippen LogP contribution is 2.10. The van der Waals surface area contributed by atoms with Gasteiger partial charge >= 0.3 is 0 Å². The Morgan fingerprint density at radius 2 is 2.28 bits per heavy atom. The molecule has 94 valence electrons. The standard InChI is InChI=1S/C12H13N3O2S/c1-8-2-3-15-11(4-8)14-9(5-12(15)17)6-18-7-10(13)16/h2-5H,6-7H2,1H3,(H2,13,16). The molecule has 2 aromatic heterocycles. The van der Waals surface area contributed by atoms with E-state index in [4.69, 9.17) is 5.73 Å². The number of amides is 1. The fourth-order valence-electron chi connectivity index (χ4n) is 1.58. The summed E-state index contributed by atoms with van der Waals surface area (Å²) >= 11 is 1.35. The zero-order valence-electron chi connectivity index (χ0n) is 9.92. The normalized spacial score (nSPS) is 10.7. The Morgan fingerprint density at radius 1 is 1.50 bits per heavy atom.